The van der Waals surface area contributed by atoms with Gasteiger partial charge >= 0.3 is 6.03 Å². The number of unbranched alkanes of at least 4 members (excludes halogenated alkanes) is 1. The lowest BCUT2D eigenvalue weighted by Crippen LogP contribution is -2.39. The van der Waals surface area contributed by atoms with E-state index in [0.29, 0.717) is 25.7 Å². The normalized spacial score (nSPS) is 26.1. The molecule has 0 unspecified atom stereocenters. The van der Waals surface area contributed by atoms with Gasteiger partial charge in [-0.1, -0.05) is 22.4 Å². The molecule has 0 aliphatic carbocycles. The molecular weight excluding hydrogens is 422 g/mol. The molecule has 3 rings (SSSR count). The first-order valence-corrected chi connectivity index (χ1v) is 11.1. The third-order valence-corrected chi connectivity index (χ3v) is 8.07. The zero-order valence-electron chi connectivity index (χ0n) is 14.4. The molecule has 2 heterocycles. The fourth-order valence-electron chi connectivity index (χ4n) is 3.58. The first kappa shape index (κ1) is 19.2. The van der Waals surface area contributed by atoms with E-state index in [4.69, 9.17) is 0 Å². The van der Waals surface area contributed by atoms with Gasteiger partial charge in [0.1, 0.15) is 0 Å². The fourth-order valence-corrected chi connectivity index (χ4v) is 6.10. The third kappa shape index (κ3) is 4.20. The molecule has 0 spiro atoms. The van der Waals surface area contributed by atoms with Gasteiger partial charge in [-0.05, 0) is 43.5 Å². The Labute approximate surface area is 161 Å². The van der Waals surface area contributed by atoms with E-state index in [1.165, 1.54) is 0 Å². The van der Waals surface area contributed by atoms with Crippen molar-refractivity contribution in [1.29, 1.82) is 0 Å². The fraction of sp³-hybridized carbons (Fsp3) is 0.529. The van der Waals surface area contributed by atoms with Crippen LogP contribution in [0.3, 0.4) is 0 Å². The molecule has 7 nitrogen and oxygen atoms in total. The number of nitrogens with one attached hydrogen (secondary N) is 3. The Hall–Kier alpha value is -1.61. The quantitative estimate of drug-likeness (QED) is 0.462. The number of urea groups is 1. The predicted molar refractivity (Wildman–Crippen MR) is 103 cm³/mol. The van der Waals surface area contributed by atoms with Gasteiger partial charge in [0.15, 0.2) is 9.84 Å². The first-order valence-electron chi connectivity index (χ1n) is 8.61. The summed E-state index contributed by atoms with van der Waals surface area (Å²) in [6, 6.07) is 4.62. The highest BCUT2D eigenvalue weighted by atomic mass is 79.9. The van der Waals surface area contributed by atoms with Gasteiger partial charge in [-0.15, -0.1) is 0 Å². The highest BCUT2D eigenvalue weighted by Gasteiger charge is 2.51. The molecule has 3 N–H and O–H groups in total. The Kier molecular flexibility index (Phi) is 5.57. The summed E-state index contributed by atoms with van der Waals surface area (Å²) in [4.78, 5) is 23.4. The molecule has 2 aliphatic heterocycles. The van der Waals surface area contributed by atoms with Crippen molar-refractivity contribution in [2.24, 2.45) is 0 Å². The number of anilines is 1. The van der Waals surface area contributed by atoms with Crippen LogP contribution in [-0.2, 0) is 14.6 Å². The number of amides is 3. The lowest BCUT2D eigenvalue weighted by Gasteiger charge is -2.16. The number of aryl methyl sites for hydroxylation is 1. The van der Waals surface area contributed by atoms with Crippen LogP contribution >= 0.6 is 15.9 Å². The smallest absolute Gasteiger partial charge is 0.315 e. The summed E-state index contributed by atoms with van der Waals surface area (Å²) in [5.41, 5.74) is 1.78. The van der Waals surface area contributed by atoms with Crippen LogP contribution in [0.4, 0.5) is 10.5 Å². The highest BCUT2D eigenvalue weighted by Crippen LogP contribution is 2.28. The summed E-state index contributed by atoms with van der Waals surface area (Å²) < 4.78 is 25.5. The van der Waals surface area contributed by atoms with E-state index in [-0.39, 0.29) is 29.8 Å². The van der Waals surface area contributed by atoms with Crippen LogP contribution in [0.2, 0.25) is 0 Å². The monoisotopic (exact) mass is 443 g/mol. The van der Waals surface area contributed by atoms with Gasteiger partial charge in [-0.3, -0.25) is 4.79 Å². The van der Waals surface area contributed by atoms with Crippen LogP contribution in [0.25, 0.3) is 0 Å². The lowest BCUT2D eigenvalue weighted by atomic mass is 10.0. The number of carbonyl (C=O) groups is 2. The number of hydrogen-bond donors (Lipinski definition) is 3. The van der Waals surface area contributed by atoms with Gasteiger partial charge in [0.25, 0.3) is 0 Å². The van der Waals surface area contributed by atoms with E-state index in [9.17, 15) is 18.0 Å². The topological polar surface area (TPSA) is 104 Å². The Balaban J connectivity index is 1.45. The number of fused-ring (bicyclic) bond motifs is 1. The average Bonchev–Trinajstić information content (AvgIpc) is 2.99. The van der Waals surface area contributed by atoms with Crippen molar-refractivity contribution >= 4 is 43.4 Å². The molecule has 2 saturated heterocycles. The maximum absolute atomic E-state index is 12.2. The Morgan fingerprint density at radius 1 is 1.31 bits per heavy atom. The summed E-state index contributed by atoms with van der Waals surface area (Å²) in [5.74, 6) is -0.0977. The number of halogens is 1. The van der Waals surface area contributed by atoms with Crippen LogP contribution in [0.15, 0.2) is 22.7 Å². The molecule has 0 bridgehead atoms. The van der Waals surface area contributed by atoms with Gasteiger partial charge in [0, 0.05) is 16.6 Å². The summed E-state index contributed by atoms with van der Waals surface area (Å²) in [6.45, 7) is 1.95. The van der Waals surface area contributed by atoms with Gasteiger partial charge in [0.2, 0.25) is 5.91 Å². The SMILES string of the molecule is Cc1cc(NC(=O)CCCC[C@@H]2[C@@H]3NC(=O)N[C@H]3CS2(=O)=O)ccc1Br. The second kappa shape index (κ2) is 7.56. The summed E-state index contributed by atoms with van der Waals surface area (Å²) in [5, 5.41) is 7.64. The van der Waals surface area contributed by atoms with Crippen molar-refractivity contribution in [3.63, 3.8) is 0 Å². The first-order chi connectivity index (χ1) is 12.3. The van der Waals surface area contributed by atoms with Crippen LogP contribution < -0.4 is 16.0 Å². The highest BCUT2D eigenvalue weighted by molar-refractivity contribution is 9.10. The summed E-state index contributed by atoms with van der Waals surface area (Å²) in [7, 11) is -3.21. The number of carbonyl (C=O) groups excluding carboxylic acids is 2. The maximum atomic E-state index is 12.2. The van der Waals surface area contributed by atoms with Crippen molar-refractivity contribution in [3.8, 4) is 0 Å². The minimum Gasteiger partial charge on any atom is -0.332 e. The van der Waals surface area contributed by atoms with Crippen LogP contribution in [0, 0.1) is 6.92 Å². The van der Waals surface area contributed by atoms with Crippen molar-refractivity contribution < 1.29 is 18.0 Å². The molecule has 142 valence electrons. The average molecular weight is 444 g/mol. The molecule has 26 heavy (non-hydrogen) atoms. The molecular formula is C17H22BrN3O4S. The van der Waals surface area contributed by atoms with E-state index >= 15 is 0 Å². The minimum atomic E-state index is -3.21. The predicted octanol–water partition coefficient (Wildman–Crippen LogP) is 2.10. The van der Waals surface area contributed by atoms with Crippen molar-refractivity contribution in [3.05, 3.63) is 28.2 Å². The van der Waals surface area contributed by atoms with Crippen molar-refractivity contribution in [2.75, 3.05) is 11.1 Å². The Morgan fingerprint density at radius 2 is 2.08 bits per heavy atom. The van der Waals surface area contributed by atoms with Gasteiger partial charge in [0.05, 0.1) is 23.1 Å². The Bertz CT molecular complexity index is 827. The third-order valence-electron chi connectivity index (χ3n) is 4.91. The van der Waals surface area contributed by atoms with Gasteiger partial charge < -0.3 is 16.0 Å². The van der Waals surface area contributed by atoms with Gasteiger partial charge in [-0.25, -0.2) is 13.2 Å². The molecule has 3 atom stereocenters. The number of sulfone groups is 1. The van der Waals surface area contributed by atoms with Crippen LogP contribution in [0.5, 0.6) is 0 Å². The molecule has 0 saturated carbocycles. The molecule has 0 radical (unpaired) electrons. The maximum Gasteiger partial charge on any atom is 0.315 e. The van der Waals surface area contributed by atoms with E-state index < -0.39 is 15.1 Å². The molecule has 0 aromatic heterocycles. The molecule has 2 aliphatic rings. The van der Waals surface area contributed by atoms with E-state index in [0.717, 1.165) is 15.7 Å². The second-order valence-electron chi connectivity index (χ2n) is 6.88. The number of rotatable bonds is 6. The largest absolute Gasteiger partial charge is 0.332 e. The lowest BCUT2D eigenvalue weighted by molar-refractivity contribution is -0.116. The van der Waals surface area contributed by atoms with Crippen LogP contribution in [0.1, 0.15) is 31.2 Å². The number of hydrogen-bond acceptors (Lipinski definition) is 4. The van der Waals surface area contributed by atoms with Gasteiger partial charge in [-0.2, -0.15) is 0 Å². The molecule has 2 fully saturated rings. The van der Waals surface area contributed by atoms with Crippen molar-refractivity contribution in [1.82, 2.24) is 10.6 Å². The molecule has 1 aromatic rings. The minimum absolute atomic E-state index is 0.00945. The summed E-state index contributed by atoms with van der Waals surface area (Å²) >= 11 is 3.42. The summed E-state index contributed by atoms with van der Waals surface area (Å²) in [6.07, 6.45) is 2.01. The Morgan fingerprint density at radius 3 is 2.81 bits per heavy atom. The molecule has 9 heteroatoms. The number of benzene rings is 1. The molecule has 3 amide bonds. The van der Waals surface area contributed by atoms with E-state index in [1.807, 2.05) is 25.1 Å². The zero-order chi connectivity index (χ0) is 18.9. The second-order valence-corrected chi connectivity index (χ2v) is 9.99. The van der Waals surface area contributed by atoms with Crippen molar-refractivity contribution in [2.45, 2.75) is 49.9 Å². The van der Waals surface area contributed by atoms with Crippen LogP contribution in [-0.4, -0.2) is 43.4 Å². The van der Waals surface area contributed by atoms with E-state index in [1.54, 1.807) is 0 Å². The van der Waals surface area contributed by atoms with E-state index in [2.05, 4.69) is 31.9 Å². The molecule has 1 aromatic carbocycles. The zero-order valence-corrected chi connectivity index (χ0v) is 16.8. The standard InChI is InChI=1S/C17H22BrN3O4S/c1-10-8-11(6-7-12(10)18)19-15(22)5-3-2-4-14-16-13(9-26(14,24)25)20-17(23)21-16/h6-8,13-14,16H,2-5,9H2,1H3,(H,19,22)(H2,20,21,23)/t13-,14+,16+/m0/s1.